The van der Waals surface area contributed by atoms with Gasteiger partial charge in [0.15, 0.2) is 31.3 Å². The van der Waals surface area contributed by atoms with Crippen molar-refractivity contribution in [1.29, 1.82) is 0 Å². The number of hydrogen-bond donors (Lipinski definition) is 14. The summed E-state index contributed by atoms with van der Waals surface area (Å²) in [6, 6.07) is -1.52. The van der Waals surface area contributed by atoms with Gasteiger partial charge in [-0.15, -0.1) is 0 Å². The van der Waals surface area contributed by atoms with Gasteiger partial charge in [-0.2, -0.15) is 0 Å². The fourth-order valence-corrected chi connectivity index (χ4v) is 5.82. The largest absolute Gasteiger partial charge is 0.479 e. The highest BCUT2D eigenvalue weighted by atomic mass is 16.8. The van der Waals surface area contributed by atoms with Crippen LogP contribution in [0.4, 0.5) is 0 Å². The number of aliphatic hydroxyl groups excluding tert-OH is 12. The van der Waals surface area contributed by atoms with E-state index in [0.717, 1.165) is 6.92 Å². The third-order valence-electron chi connectivity index (χ3n) is 8.55. The summed E-state index contributed by atoms with van der Waals surface area (Å²) in [5.74, 6) is -2.47. The van der Waals surface area contributed by atoms with E-state index in [-0.39, 0.29) is 0 Å². The second-order valence-corrected chi connectivity index (χ2v) is 12.0. The monoisotopic (exact) mass is 721 g/mol. The number of aliphatic hydroxyl groups is 12. The second kappa shape index (κ2) is 16.7. The van der Waals surface area contributed by atoms with Crippen molar-refractivity contribution in [1.82, 2.24) is 5.32 Å². The molecule has 284 valence electrons. The van der Waals surface area contributed by atoms with Crippen LogP contribution in [0.3, 0.4) is 0 Å². The van der Waals surface area contributed by atoms with E-state index >= 15 is 0 Å². The van der Waals surface area contributed by atoms with Gasteiger partial charge in [-0.1, -0.05) is 0 Å². The number of carbonyl (C=O) groups excluding carboxylic acids is 1. The summed E-state index contributed by atoms with van der Waals surface area (Å²) in [6.45, 7) is -1.43. The van der Waals surface area contributed by atoms with Gasteiger partial charge in [0.25, 0.3) is 0 Å². The Bertz CT molecular complexity index is 1110. The first-order valence-electron chi connectivity index (χ1n) is 15.1. The van der Waals surface area contributed by atoms with E-state index in [0.29, 0.717) is 0 Å². The Balaban J connectivity index is 1.51. The highest BCUT2D eigenvalue weighted by Gasteiger charge is 2.55. The summed E-state index contributed by atoms with van der Waals surface area (Å²) < 4.78 is 37.9. The Kier molecular flexibility index (Phi) is 13.6. The van der Waals surface area contributed by atoms with Crippen LogP contribution < -0.4 is 5.32 Å². The number of aliphatic carboxylic acids is 1. The molecule has 0 aliphatic carbocycles. The molecule has 0 spiro atoms. The molecule has 4 aliphatic heterocycles. The summed E-state index contributed by atoms with van der Waals surface area (Å²) in [6.07, 6.45) is -35.4. The minimum absolute atomic E-state index is 0.651. The maximum atomic E-state index is 12.0. The molecule has 0 aromatic rings. The van der Waals surface area contributed by atoms with Crippen molar-refractivity contribution < 1.29 is 109 Å². The molecule has 4 saturated heterocycles. The van der Waals surface area contributed by atoms with Gasteiger partial charge < -0.3 is 105 Å². The quantitative estimate of drug-likeness (QED) is 0.0941. The summed E-state index contributed by atoms with van der Waals surface area (Å²) in [5.41, 5.74) is 0. The summed E-state index contributed by atoms with van der Waals surface area (Å²) in [4.78, 5) is 23.5. The van der Waals surface area contributed by atoms with Crippen LogP contribution in [0.2, 0.25) is 0 Å². The molecular weight excluding hydrogens is 678 g/mol. The molecule has 49 heavy (non-hydrogen) atoms. The van der Waals surface area contributed by atoms with Gasteiger partial charge in [-0.05, 0) is 0 Å². The lowest BCUT2D eigenvalue weighted by Crippen LogP contribution is -2.68. The van der Waals surface area contributed by atoms with Crippen molar-refractivity contribution in [2.24, 2.45) is 0 Å². The number of carboxylic acids is 1. The van der Waals surface area contributed by atoms with Crippen LogP contribution in [-0.4, -0.2) is 221 Å². The Labute approximate surface area is 276 Å². The molecule has 20 atom stereocenters. The molecule has 0 unspecified atom stereocenters. The van der Waals surface area contributed by atoms with Crippen LogP contribution in [0.5, 0.6) is 0 Å². The van der Waals surface area contributed by atoms with Crippen molar-refractivity contribution >= 4 is 11.9 Å². The first kappa shape index (κ1) is 40.0. The van der Waals surface area contributed by atoms with Gasteiger partial charge in [0.1, 0.15) is 91.5 Å². The molecule has 4 heterocycles. The lowest BCUT2D eigenvalue weighted by Gasteiger charge is -2.48. The van der Waals surface area contributed by atoms with Gasteiger partial charge in [0, 0.05) is 6.92 Å². The molecule has 0 aromatic heterocycles. The molecule has 0 aromatic carbocycles. The van der Waals surface area contributed by atoms with Crippen LogP contribution in [-0.2, 0) is 42.7 Å². The first-order valence-corrected chi connectivity index (χ1v) is 15.1. The Morgan fingerprint density at radius 3 is 1.76 bits per heavy atom. The van der Waals surface area contributed by atoms with E-state index in [9.17, 15) is 76.0 Å². The normalized spacial score (nSPS) is 49.3. The summed E-state index contributed by atoms with van der Waals surface area (Å²) in [5, 5.41) is 135. The smallest absolute Gasteiger partial charge is 0.335 e. The third kappa shape index (κ3) is 8.47. The maximum Gasteiger partial charge on any atom is 0.335 e. The van der Waals surface area contributed by atoms with E-state index in [1.54, 1.807) is 0 Å². The Hall–Kier alpha value is -1.82. The summed E-state index contributed by atoms with van der Waals surface area (Å²) >= 11 is 0. The molecule has 14 N–H and O–H groups in total. The van der Waals surface area contributed by atoms with Gasteiger partial charge in [-0.3, -0.25) is 4.79 Å². The Morgan fingerprint density at radius 2 is 1.16 bits per heavy atom. The zero-order valence-corrected chi connectivity index (χ0v) is 25.7. The number of nitrogens with one attached hydrogen (secondary N) is 1. The number of carboxylic acid groups (broad SMARTS) is 1. The summed E-state index contributed by atoms with van der Waals surface area (Å²) in [7, 11) is 0. The molecule has 23 nitrogen and oxygen atoms in total. The van der Waals surface area contributed by atoms with Crippen molar-refractivity contribution in [2.75, 3.05) is 19.8 Å². The number of rotatable bonds is 11. The number of amides is 1. The van der Waals surface area contributed by atoms with Crippen LogP contribution in [0.25, 0.3) is 0 Å². The molecule has 23 heteroatoms. The minimum Gasteiger partial charge on any atom is -0.479 e. The SMILES string of the molecule is CC(=O)N[C@H]1[C@H](OC[C@H]2O[C@@H](O)[C@H](O)[C@@H](O)[C@H]2O)O[C@H](CO)[C@@H](O[C@@H]2O[C@H](CO)[C@H](O)[C@H](O[C@@H]3O[C@H](C(=O)O)[C@@H](O)[C@H](O)[C@H]3O)[C@H]2O)[C@@H]1O. The average molecular weight is 722 g/mol. The molecule has 0 saturated carbocycles. The topological polar surface area (TPSA) is 374 Å². The fourth-order valence-electron chi connectivity index (χ4n) is 5.82. The van der Waals surface area contributed by atoms with Crippen molar-refractivity contribution in [3.05, 3.63) is 0 Å². The predicted molar refractivity (Wildman–Crippen MR) is 146 cm³/mol. The number of ether oxygens (including phenoxy) is 7. The molecule has 4 fully saturated rings. The van der Waals surface area contributed by atoms with Crippen LogP contribution in [0.15, 0.2) is 0 Å². The van der Waals surface area contributed by atoms with Gasteiger partial charge in [0.2, 0.25) is 5.91 Å². The van der Waals surface area contributed by atoms with Crippen LogP contribution in [0.1, 0.15) is 6.92 Å². The Morgan fingerprint density at radius 1 is 0.592 bits per heavy atom. The minimum atomic E-state index is -2.11. The average Bonchev–Trinajstić information content (AvgIpc) is 3.05. The van der Waals surface area contributed by atoms with E-state index in [4.69, 9.17) is 33.2 Å². The van der Waals surface area contributed by atoms with E-state index in [2.05, 4.69) is 5.32 Å². The molecule has 4 rings (SSSR count). The van der Waals surface area contributed by atoms with Gasteiger partial charge in [-0.25, -0.2) is 4.79 Å². The highest BCUT2D eigenvalue weighted by molar-refractivity contribution is 5.73. The maximum absolute atomic E-state index is 12.0. The predicted octanol–water partition coefficient (Wildman–Crippen LogP) is -9.51. The lowest BCUT2D eigenvalue weighted by atomic mass is 9.95. The van der Waals surface area contributed by atoms with E-state index in [1.165, 1.54) is 0 Å². The van der Waals surface area contributed by atoms with Crippen molar-refractivity contribution in [3.8, 4) is 0 Å². The third-order valence-corrected chi connectivity index (χ3v) is 8.55. The van der Waals surface area contributed by atoms with Gasteiger partial charge in [0.05, 0.1) is 19.8 Å². The molecule has 0 radical (unpaired) electrons. The van der Waals surface area contributed by atoms with E-state index < -0.39 is 154 Å². The fraction of sp³-hybridized carbons (Fsp3) is 0.923. The first-order chi connectivity index (χ1) is 23.0. The molecule has 1 amide bonds. The second-order valence-electron chi connectivity index (χ2n) is 12.0. The van der Waals surface area contributed by atoms with Gasteiger partial charge >= 0.3 is 5.97 Å². The standard InChI is InChI=1S/C26H43NO22/c1-5(30)27-9-12(33)19(7(3-29)46-24(9)43-4-8-10(31)13(34)16(37)23(42)44-8)47-26-18(39)20(11(32)6(2-28)45-26)48-25-17(38)14(35)15(36)21(49-25)22(40)41/h6-21,23-26,28-29,31-39,42H,2-4H2,1H3,(H,27,30)(H,40,41)/t6-,7-,8-,9-,10+,11+,12-,13+,14+,15+,16-,17-,18-,19-,20+,21+,23-,24-,25-,26+/m1/s1. The number of carbonyl (C=O) groups is 2. The zero-order valence-electron chi connectivity index (χ0n) is 25.7. The van der Waals surface area contributed by atoms with E-state index in [1.807, 2.05) is 0 Å². The highest BCUT2D eigenvalue weighted by Crippen LogP contribution is 2.33. The van der Waals surface area contributed by atoms with Crippen molar-refractivity contribution in [2.45, 2.75) is 130 Å². The van der Waals surface area contributed by atoms with Crippen LogP contribution >= 0.6 is 0 Å². The molecule has 0 bridgehead atoms. The molecular formula is C26H43NO22. The zero-order chi connectivity index (χ0) is 36.5. The lowest BCUT2D eigenvalue weighted by molar-refractivity contribution is -0.375. The van der Waals surface area contributed by atoms with Crippen LogP contribution in [0, 0.1) is 0 Å². The molecule has 4 aliphatic rings. The van der Waals surface area contributed by atoms with Crippen molar-refractivity contribution in [3.63, 3.8) is 0 Å². The number of hydrogen-bond acceptors (Lipinski definition) is 21.